The number of anilines is 1. The van der Waals surface area contributed by atoms with E-state index in [-0.39, 0.29) is 36.8 Å². The number of aliphatic hydroxyl groups is 1. The van der Waals surface area contributed by atoms with E-state index in [0.717, 1.165) is 17.4 Å². The maximum absolute atomic E-state index is 14.6. The summed E-state index contributed by atoms with van der Waals surface area (Å²) >= 11 is 0. The zero-order valence-corrected chi connectivity index (χ0v) is 21.0. The van der Waals surface area contributed by atoms with E-state index in [1.807, 2.05) is 24.3 Å². The van der Waals surface area contributed by atoms with Gasteiger partial charge in [0.1, 0.15) is 12.4 Å². The number of rotatable bonds is 13. The van der Waals surface area contributed by atoms with Crippen LogP contribution in [0.1, 0.15) is 23.7 Å². The summed E-state index contributed by atoms with van der Waals surface area (Å²) in [6.07, 6.45) is 0.455. The number of carboxylic acids is 1. The van der Waals surface area contributed by atoms with E-state index in [1.165, 1.54) is 30.3 Å². The number of hydrogen-bond acceptors (Lipinski definition) is 7. The summed E-state index contributed by atoms with van der Waals surface area (Å²) in [7, 11) is -3.59. The number of sulfonamides is 1. The van der Waals surface area contributed by atoms with Gasteiger partial charge in [-0.05, 0) is 52.9 Å². The van der Waals surface area contributed by atoms with Crippen LogP contribution in [-0.4, -0.2) is 55.7 Å². The van der Waals surface area contributed by atoms with Crippen LogP contribution in [0.25, 0.3) is 11.1 Å². The number of aryl methyl sites for hydroxylation is 1. The molecule has 9 nitrogen and oxygen atoms in total. The maximum Gasteiger partial charge on any atom is 0.303 e. The quantitative estimate of drug-likeness (QED) is 0.167. The van der Waals surface area contributed by atoms with Crippen LogP contribution in [-0.2, 0) is 21.2 Å². The van der Waals surface area contributed by atoms with Gasteiger partial charge in [0.25, 0.3) is 0 Å². The largest absolute Gasteiger partial charge is 0.506 e. The number of hydrogen-bond donors (Lipinski definition) is 5. The number of halogens is 1. The first kappa shape index (κ1) is 27.9. The van der Waals surface area contributed by atoms with Gasteiger partial charge >= 0.3 is 5.97 Å². The number of phenolic OH excluding ortho intramolecular Hbond substituents is 1. The van der Waals surface area contributed by atoms with Gasteiger partial charge in [0.05, 0.1) is 18.0 Å². The van der Waals surface area contributed by atoms with Gasteiger partial charge in [0.15, 0.2) is 11.6 Å². The fourth-order valence-corrected chi connectivity index (χ4v) is 4.11. The maximum atomic E-state index is 14.6. The van der Waals surface area contributed by atoms with Crippen molar-refractivity contribution in [3.05, 3.63) is 77.6 Å². The van der Waals surface area contributed by atoms with Crippen molar-refractivity contribution in [2.75, 3.05) is 30.7 Å². The first-order chi connectivity index (χ1) is 17.5. The minimum Gasteiger partial charge on any atom is -0.506 e. The highest BCUT2D eigenvalue weighted by Crippen LogP contribution is 2.28. The van der Waals surface area contributed by atoms with E-state index in [1.54, 1.807) is 6.07 Å². The van der Waals surface area contributed by atoms with Crippen molar-refractivity contribution in [2.24, 2.45) is 0 Å². The second-order valence-electron chi connectivity index (χ2n) is 8.46. The number of aliphatic carboxylic acids is 1. The van der Waals surface area contributed by atoms with Gasteiger partial charge in [0.2, 0.25) is 10.0 Å². The molecule has 0 saturated carbocycles. The van der Waals surface area contributed by atoms with Crippen LogP contribution in [0.3, 0.4) is 0 Å². The number of carbonyl (C=O) groups is 1. The molecule has 0 spiro atoms. The highest BCUT2D eigenvalue weighted by Gasteiger charge is 2.13. The van der Waals surface area contributed by atoms with Gasteiger partial charge in [-0.25, -0.2) is 12.8 Å². The molecule has 3 aromatic rings. The Kier molecular flexibility index (Phi) is 9.45. The van der Waals surface area contributed by atoms with Gasteiger partial charge in [-0.2, -0.15) is 0 Å². The SMILES string of the molecule is CS(=O)(=O)Nc1cc([C@@H](O)CNCCOc2ccc(-c3ccc(CCC(=O)O)cc3)cc2F)ccc1O. The molecule has 0 aromatic heterocycles. The number of carboxylic acid groups (broad SMARTS) is 1. The Morgan fingerprint density at radius 1 is 1.05 bits per heavy atom. The van der Waals surface area contributed by atoms with Crippen molar-refractivity contribution >= 4 is 21.7 Å². The Balaban J connectivity index is 1.47. The lowest BCUT2D eigenvalue weighted by Gasteiger charge is -2.15. The van der Waals surface area contributed by atoms with Crippen molar-refractivity contribution in [3.8, 4) is 22.6 Å². The van der Waals surface area contributed by atoms with Crippen LogP contribution in [0.2, 0.25) is 0 Å². The third kappa shape index (κ3) is 8.74. The van der Waals surface area contributed by atoms with Crippen LogP contribution >= 0.6 is 0 Å². The Hall–Kier alpha value is -3.67. The molecule has 11 heteroatoms. The van der Waals surface area contributed by atoms with E-state index >= 15 is 0 Å². The normalized spacial score (nSPS) is 12.2. The average Bonchev–Trinajstić information content (AvgIpc) is 2.84. The average molecular weight is 533 g/mol. The molecule has 0 unspecified atom stereocenters. The van der Waals surface area contributed by atoms with E-state index < -0.39 is 27.9 Å². The van der Waals surface area contributed by atoms with Gasteiger partial charge in [-0.15, -0.1) is 0 Å². The summed E-state index contributed by atoms with van der Waals surface area (Å²) < 4.78 is 45.0. The summed E-state index contributed by atoms with van der Waals surface area (Å²) in [5.74, 6) is -1.56. The second-order valence-corrected chi connectivity index (χ2v) is 10.2. The molecule has 0 bridgehead atoms. The van der Waals surface area contributed by atoms with E-state index in [2.05, 4.69) is 10.0 Å². The Labute approximate surface area is 214 Å². The standard InChI is InChI=1S/C26H29FN2O7S/c1-37(34,35)29-22-15-20(7-9-23(22)30)24(31)16-28-12-13-36-25-10-8-19(14-21(25)27)18-5-2-17(3-6-18)4-11-26(32)33/h2-3,5-10,14-15,24,28-31H,4,11-13,16H2,1H3,(H,32,33)/t24-/m0/s1. The molecule has 5 N–H and O–H groups in total. The van der Waals surface area contributed by atoms with Crippen molar-refractivity contribution in [1.82, 2.24) is 5.32 Å². The van der Waals surface area contributed by atoms with E-state index in [4.69, 9.17) is 9.84 Å². The zero-order valence-electron chi connectivity index (χ0n) is 20.1. The monoisotopic (exact) mass is 532 g/mol. The summed E-state index contributed by atoms with van der Waals surface area (Å²) in [6, 6.07) is 16.0. The molecule has 0 amide bonds. The fourth-order valence-electron chi connectivity index (χ4n) is 3.54. The third-order valence-corrected chi connectivity index (χ3v) is 6.01. The third-order valence-electron chi connectivity index (χ3n) is 5.42. The van der Waals surface area contributed by atoms with Crippen LogP contribution in [0.5, 0.6) is 11.5 Å². The van der Waals surface area contributed by atoms with Crippen molar-refractivity contribution < 1.29 is 37.7 Å². The molecule has 0 saturated heterocycles. The fraction of sp³-hybridized carbons (Fsp3) is 0.269. The number of nitrogens with one attached hydrogen (secondary N) is 2. The molecular formula is C26H29FN2O7S. The van der Waals surface area contributed by atoms with Gasteiger partial charge in [-0.1, -0.05) is 36.4 Å². The van der Waals surface area contributed by atoms with Crippen LogP contribution in [0, 0.1) is 5.82 Å². The molecule has 3 aromatic carbocycles. The second kappa shape index (κ2) is 12.5. The molecule has 0 fully saturated rings. The Bertz CT molecular complexity index is 1330. The van der Waals surface area contributed by atoms with Gasteiger partial charge in [0, 0.05) is 19.5 Å². The number of ether oxygens (including phenoxy) is 1. The van der Waals surface area contributed by atoms with Crippen LogP contribution in [0.15, 0.2) is 60.7 Å². The molecule has 0 radical (unpaired) electrons. The molecule has 0 aliphatic rings. The lowest BCUT2D eigenvalue weighted by Crippen LogP contribution is -2.26. The summed E-state index contributed by atoms with van der Waals surface area (Å²) in [5.41, 5.74) is 2.71. The molecular weight excluding hydrogens is 503 g/mol. The predicted octanol–water partition coefficient (Wildman–Crippen LogP) is 3.29. The summed E-state index contributed by atoms with van der Waals surface area (Å²) in [5, 5.41) is 31.9. The number of benzene rings is 3. The van der Waals surface area contributed by atoms with Crippen LogP contribution < -0.4 is 14.8 Å². The van der Waals surface area contributed by atoms with Crippen molar-refractivity contribution in [3.63, 3.8) is 0 Å². The highest BCUT2D eigenvalue weighted by atomic mass is 32.2. The molecule has 1 atom stereocenters. The Morgan fingerprint density at radius 3 is 2.41 bits per heavy atom. The molecule has 0 aliphatic heterocycles. The summed E-state index contributed by atoms with van der Waals surface area (Å²) in [6.45, 7) is 0.566. The first-order valence-electron chi connectivity index (χ1n) is 11.4. The lowest BCUT2D eigenvalue weighted by atomic mass is 10.0. The van der Waals surface area contributed by atoms with Gasteiger partial charge in [-0.3, -0.25) is 9.52 Å². The molecule has 198 valence electrons. The topological polar surface area (TPSA) is 145 Å². The number of aliphatic hydroxyl groups excluding tert-OH is 1. The van der Waals surface area contributed by atoms with Crippen molar-refractivity contribution in [2.45, 2.75) is 18.9 Å². The minimum atomic E-state index is -3.59. The number of phenols is 1. The zero-order chi connectivity index (χ0) is 27.0. The summed E-state index contributed by atoms with van der Waals surface area (Å²) in [4.78, 5) is 10.7. The molecule has 0 heterocycles. The number of aromatic hydroxyl groups is 1. The van der Waals surface area contributed by atoms with Crippen molar-refractivity contribution in [1.29, 1.82) is 0 Å². The smallest absolute Gasteiger partial charge is 0.303 e. The molecule has 3 rings (SSSR count). The molecule has 37 heavy (non-hydrogen) atoms. The predicted molar refractivity (Wildman–Crippen MR) is 138 cm³/mol. The first-order valence-corrected chi connectivity index (χ1v) is 13.3. The minimum absolute atomic E-state index is 0.0320. The van der Waals surface area contributed by atoms with E-state index in [0.29, 0.717) is 24.1 Å². The van der Waals surface area contributed by atoms with Crippen LogP contribution in [0.4, 0.5) is 10.1 Å². The molecule has 0 aliphatic carbocycles. The lowest BCUT2D eigenvalue weighted by molar-refractivity contribution is -0.136. The highest BCUT2D eigenvalue weighted by molar-refractivity contribution is 7.92. The Morgan fingerprint density at radius 2 is 1.76 bits per heavy atom. The van der Waals surface area contributed by atoms with Gasteiger partial charge < -0.3 is 25.4 Å². The van der Waals surface area contributed by atoms with E-state index in [9.17, 15) is 27.8 Å².